The van der Waals surface area contributed by atoms with Gasteiger partial charge in [-0.25, -0.2) is 0 Å². The number of ether oxygens (including phenoxy) is 1. The van der Waals surface area contributed by atoms with Crippen molar-refractivity contribution in [3.8, 4) is 5.75 Å². The molecule has 1 aliphatic carbocycles. The summed E-state index contributed by atoms with van der Waals surface area (Å²) in [5, 5.41) is 3.06. The number of hydrogen-bond donors (Lipinski definition) is 1. The molecule has 1 aromatic carbocycles. The summed E-state index contributed by atoms with van der Waals surface area (Å²) in [4.78, 5) is 12.0. The zero-order valence-electron chi connectivity index (χ0n) is 15.4. The van der Waals surface area contributed by atoms with Gasteiger partial charge in [0.15, 0.2) is 0 Å². The molecule has 24 heavy (non-hydrogen) atoms. The first-order chi connectivity index (χ1) is 11.4. The van der Waals surface area contributed by atoms with Crippen molar-refractivity contribution in [2.24, 2.45) is 5.92 Å². The number of rotatable bonds is 5. The van der Waals surface area contributed by atoms with Crippen LogP contribution in [-0.4, -0.2) is 18.6 Å². The van der Waals surface area contributed by atoms with Crippen LogP contribution in [0.4, 0.5) is 0 Å². The van der Waals surface area contributed by atoms with E-state index >= 15 is 0 Å². The number of fused-ring (bicyclic) bond motifs is 1. The molecule has 1 heterocycles. The summed E-state index contributed by atoms with van der Waals surface area (Å²) in [7, 11) is 0. The average Bonchev–Trinajstić information content (AvgIpc) is 3.18. The van der Waals surface area contributed by atoms with Gasteiger partial charge in [-0.15, -0.1) is 0 Å². The maximum Gasteiger partial charge on any atom is 0.220 e. The maximum atomic E-state index is 12.0. The van der Waals surface area contributed by atoms with E-state index in [0.29, 0.717) is 13.0 Å². The molecule has 0 saturated heterocycles. The first-order valence-corrected chi connectivity index (χ1v) is 9.48. The topological polar surface area (TPSA) is 38.3 Å². The Labute approximate surface area is 146 Å². The molecule has 1 saturated carbocycles. The lowest BCUT2D eigenvalue weighted by Gasteiger charge is -2.19. The number of hydrogen-bond acceptors (Lipinski definition) is 2. The molecule has 0 radical (unpaired) electrons. The van der Waals surface area contributed by atoms with E-state index in [-0.39, 0.29) is 17.4 Å². The Hall–Kier alpha value is -1.51. The highest BCUT2D eigenvalue weighted by molar-refractivity contribution is 5.75. The van der Waals surface area contributed by atoms with E-state index in [0.717, 1.165) is 24.5 Å². The van der Waals surface area contributed by atoms with E-state index in [1.165, 1.54) is 36.8 Å². The maximum absolute atomic E-state index is 12.0. The van der Waals surface area contributed by atoms with Crippen molar-refractivity contribution in [2.75, 3.05) is 6.54 Å². The van der Waals surface area contributed by atoms with Crippen LogP contribution in [0.15, 0.2) is 18.2 Å². The molecule has 0 bridgehead atoms. The number of carbonyl (C=O) groups is 1. The van der Waals surface area contributed by atoms with E-state index in [4.69, 9.17) is 4.74 Å². The number of benzene rings is 1. The van der Waals surface area contributed by atoms with Crippen LogP contribution >= 0.6 is 0 Å². The summed E-state index contributed by atoms with van der Waals surface area (Å²) in [6.07, 6.45) is 7.99. The zero-order chi connectivity index (χ0) is 17.2. The minimum Gasteiger partial charge on any atom is -0.488 e. The highest BCUT2D eigenvalue weighted by Crippen LogP contribution is 2.33. The predicted molar refractivity (Wildman–Crippen MR) is 97.5 cm³/mol. The van der Waals surface area contributed by atoms with Crippen LogP contribution in [0, 0.1) is 5.92 Å². The number of carbonyl (C=O) groups excluding carboxylic acids is 1. The Balaban J connectivity index is 1.45. The molecule has 3 heteroatoms. The highest BCUT2D eigenvalue weighted by Gasteiger charge is 2.25. The van der Waals surface area contributed by atoms with Crippen LogP contribution in [0.5, 0.6) is 5.75 Å². The minimum absolute atomic E-state index is 0.0747. The Morgan fingerprint density at radius 3 is 2.71 bits per heavy atom. The van der Waals surface area contributed by atoms with Gasteiger partial charge in [-0.05, 0) is 34.9 Å². The van der Waals surface area contributed by atoms with Crippen molar-refractivity contribution in [1.29, 1.82) is 0 Å². The molecule has 1 amide bonds. The summed E-state index contributed by atoms with van der Waals surface area (Å²) in [5.74, 6) is 1.93. The highest BCUT2D eigenvalue weighted by atomic mass is 16.5. The Morgan fingerprint density at radius 1 is 1.25 bits per heavy atom. The van der Waals surface area contributed by atoms with Gasteiger partial charge >= 0.3 is 0 Å². The molecule has 2 aliphatic rings. The fourth-order valence-electron chi connectivity index (χ4n) is 3.85. The first kappa shape index (κ1) is 17.3. The lowest BCUT2D eigenvalue weighted by Crippen LogP contribution is -2.34. The van der Waals surface area contributed by atoms with Crippen LogP contribution in [0.3, 0.4) is 0 Å². The van der Waals surface area contributed by atoms with Crippen LogP contribution in [0.1, 0.15) is 70.4 Å². The van der Waals surface area contributed by atoms with Crippen molar-refractivity contribution < 1.29 is 9.53 Å². The minimum atomic E-state index is 0.0747. The van der Waals surface area contributed by atoms with Gasteiger partial charge in [0.2, 0.25) is 5.91 Å². The molecule has 1 aliphatic heterocycles. The average molecular weight is 329 g/mol. The largest absolute Gasteiger partial charge is 0.488 e. The van der Waals surface area contributed by atoms with E-state index in [9.17, 15) is 4.79 Å². The first-order valence-electron chi connectivity index (χ1n) is 9.48. The summed E-state index contributed by atoms with van der Waals surface area (Å²) in [6.45, 7) is 7.30. The number of amides is 1. The van der Waals surface area contributed by atoms with Crippen LogP contribution in [-0.2, 0) is 16.6 Å². The third kappa shape index (κ3) is 4.31. The van der Waals surface area contributed by atoms with E-state index in [1.807, 2.05) is 0 Å². The Kier molecular flexibility index (Phi) is 5.17. The van der Waals surface area contributed by atoms with Gasteiger partial charge < -0.3 is 10.1 Å². The Bertz CT molecular complexity index is 582. The summed E-state index contributed by atoms with van der Waals surface area (Å²) in [5.41, 5.74) is 2.76. The van der Waals surface area contributed by atoms with E-state index in [1.54, 1.807) is 0 Å². The summed E-state index contributed by atoms with van der Waals surface area (Å²) in [6, 6.07) is 6.50. The van der Waals surface area contributed by atoms with Crippen LogP contribution in [0.2, 0.25) is 0 Å². The lowest BCUT2D eigenvalue weighted by molar-refractivity contribution is -0.121. The molecular weight excluding hydrogens is 298 g/mol. The van der Waals surface area contributed by atoms with Crippen LogP contribution < -0.4 is 10.1 Å². The standard InChI is InChI=1S/C21H31NO2/c1-21(2,3)17-9-10-19-16(12-17)13-18(24-19)14-22-20(23)11-8-15-6-4-5-7-15/h9-10,12,15,18H,4-8,11,13-14H2,1-3H3,(H,22,23). The smallest absolute Gasteiger partial charge is 0.220 e. The van der Waals surface area contributed by atoms with Gasteiger partial charge in [0, 0.05) is 12.8 Å². The van der Waals surface area contributed by atoms with E-state index in [2.05, 4.69) is 44.3 Å². The molecule has 132 valence electrons. The second-order valence-corrected chi connectivity index (χ2v) is 8.51. The van der Waals surface area contributed by atoms with Crippen molar-refractivity contribution in [1.82, 2.24) is 5.32 Å². The third-order valence-corrected chi connectivity index (χ3v) is 5.45. The van der Waals surface area contributed by atoms with Crippen molar-refractivity contribution in [3.63, 3.8) is 0 Å². The van der Waals surface area contributed by atoms with Crippen molar-refractivity contribution in [2.45, 2.75) is 77.2 Å². The molecule has 3 rings (SSSR count). The lowest BCUT2D eigenvalue weighted by atomic mass is 9.86. The van der Waals surface area contributed by atoms with Gasteiger partial charge in [-0.3, -0.25) is 4.79 Å². The molecule has 3 nitrogen and oxygen atoms in total. The van der Waals surface area contributed by atoms with Crippen molar-refractivity contribution in [3.05, 3.63) is 29.3 Å². The summed E-state index contributed by atoms with van der Waals surface area (Å²) < 4.78 is 5.99. The normalized spacial score (nSPS) is 20.7. The second-order valence-electron chi connectivity index (χ2n) is 8.51. The zero-order valence-corrected chi connectivity index (χ0v) is 15.4. The fourth-order valence-corrected chi connectivity index (χ4v) is 3.85. The molecule has 1 unspecified atom stereocenters. The van der Waals surface area contributed by atoms with E-state index < -0.39 is 0 Å². The monoisotopic (exact) mass is 329 g/mol. The molecule has 1 aromatic rings. The van der Waals surface area contributed by atoms with Crippen LogP contribution in [0.25, 0.3) is 0 Å². The van der Waals surface area contributed by atoms with Gasteiger partial charge in [0.05, 0.1) is 6.54 Å². The molecule has 1 atom stereocenters. The predicted octanol–water partition coefficient (Wildman–Crippen LogP) is 4.37. The van der Waals surface area contributed by atoms with Gasteiger partial charge in [0.1, 0.15) is 11.9 Å². The molecule has 1 fully saturated rings. The van der Waals surface area contributed by atoms with Gasteiger partial charge in [-0.2, -0.15) is 0 Å². The Morgan fingerprint density at radius 2 is 2.00 bits per heavy atom. The van der Waals surface area contributed by atoms with Crippen molar-refractivity contribution >= 4 is 5.91 Å². The molecule has 0 aromatic heterocycles. The molecule has 1 N–H and O–H groups in total. The third-order valence-electron chi connectivity index (χ3n) is 5.45. The fraction of sp³-hybridized carbons (Fsp3) is 0.667. The summed E-state index contributed by atoms with van der Waals surface area (Å²) >= 11 is 0. The molecule has 0 spiro atoms. The quantitative estimate of drug-likeness (QED) is 0.871. The number of nitrogens with one attached hydrogen (secondary N) is 1. The van der Waals surface area contributed by atoms with Gasteiger partial charge in [0.25, 0.3) is 0 Å². The van der Waals surface area contributed by atoms with Gasteiger partial charge in [-0.1, -0.05) is 58.6 Å². The molecular formula is C21H31NO2. The SMILES string of the molecule is CC(C)(C)c1ccc2c(c1)CC(CNC(=O)CCC1CCCC1)O2. The second kappa shape index (κ2) is 7.16.